The van der Waals surface area contributed by atoms with Gasteiger partial charge in [-0.05, 0) is 36.2 Å². The Morgan fingerprint density at radius 2 is 1.96 bits per heavy atom. The third-order valence-corrected chi connectivity index (χ3v) is 3.67. The van der Waals surface area contributed by atoms with Gasteiger partial charge in [0.1, 0.15) is 0 Å². The molecule has 0 unspecified atom stereocenters. The topological polar surface area (TPSA) is 62.3 Å². The van der Waals surface area contributed by atoms with E-state index in [-0.39, 0.29) is 11.8 Å². The SMILES string of the molecule is CCC(=O)Nc1cccc(C(=O)N(Cc2ccccn2)CC(C)C)c1. The number of benzene rings is 1. The summed E-state index contributed by atoms with van der Waals surface area (Å²) in [6.07, 6.45) is 2.13. The molecule has 2 rings (SSSR count). The van der Waals surface area contributed by atoms with Gasteiger partial charge in [-0.25, -0.2) is 0 Å². The van der Waals surface area contributed by atoms with Crippen molar-refractivity contribution in [1.29, 1.82) is 0 Å². The van der Waals surface area contributed by atoms with E-state index >= 15 is 0 Å². The number of anilines is 1. The molecule has 2 aromatic rings. The van der Waals surface area contributed by atoms with Crippen LogP contribution in [0.4, 0.5) is 5.69 Å². The Bertz CT molecular complexity index is 714. The number of aromatic nitrogens is 1. The molecular formula is C20H25N3O2. The number of nitrogens with one attached hydrogen (secondary N) is 1. The van der Waals surface area contributed by atoms with Crippen LogP contribution >= 0.6 is 0 Å². The van der Waals surface area contributed by atoms with E-state index in [0.29, 0.717) is 36.7 Å². The number of carbonyl (C=O) groups is 2. The molecule has 1 heterocycles. The smallest absolute Gasteiger partial charge is 0.254 e. The molecule has 0 aliphatic rings. The Morgan fingerprint density at radius 1 is 1.16 bits per heavy atom. The summed E-state index contributed by atoms with van der Waals surface area (Å²) in [5, 5.41) is 2.79. The Balaban J connectivity index is 2.20. The van der Waals surface area contributed by atoms with Crippen LogP contribution in [0.25, 0.3) is 0 Å². The van der Waals surface area contributed by atoms with Crippen molar-refractivity contribution in [2.75, 3.05) is 11.9 Å². The highest BCUT2D eigenvalue weighted by Crippen LogP contribution is 2.16. The van der Waals surface area contributed by atoms with Crippen LogP contribution in [0.2, 0.25) is 0 Å². The Hall–Kier alpha value is -2.69. The van der Waals surface area contributed by atoms with E-state index in [2.05, 4.69) is 24.1 Å². The lowest BCUT2D eigenvalue weighted by Crippen LogP contribution is -2.34. The fourth-order valence-corrected chi connectivity index (χ4v) is 2.51. The maximum Gasteiger partial charge on any atom is 0.254 e. The molecule has 0 radical (unpaired) electrons. The van der Waals surface area contributed by atoms with Crippen LogP contribution < -0.4 is 5.32 Å². The average Bonchev–Trinajstić information content (AvgIpc) is 2.61. The minimum atomic E-state index is -0.0721. The van der Waals surface area contributed by atoms with Gasteiger partial charge in [-0.15, -0.1) is 0 Å². The summed E-state index contributed by atoms with van der Waals surface area (Å²) in [4.78, 5) is 30.7. The maximum atomic E-state index is 13.0. The van der Waals surface area contributed by atoms with Crippen LogP contribution in [-0.4, -0.2) is 28.2 Å². The Labute approximate surface area is 149 Å². The quantitative estimate of drug-likeness (QED) is 0.836. The second-order valence-corrected chi connectivity index (χ2v) is 6.38. The van der Waals surface area contributed by atoms with Crippen LogP contribution in [0.1, 0.15) is 43.2 Å². The summed E-state index contributed by atoms with van der Waals surface area (Å²) in [7, 11) is 0. The Morgan fingerprint density at radius 3 is 2.60 bits per heavy atom. The molecule has 1 aromatic carbocycles. The highest BCUT2D eigenvalue weighted by molar-refractivity contribution is 5.97. The number of carbonyl (C=O) groups excluding carboxylic acids is 2. The van der Waals surface area contributed by atoms with Gasteiger partial charge in [0.05, 0.1) is 12.2 Å². The number of hydrogen-bond donors (Lipinski definition) is 1. The van der Waals surface area contributed by atoms with Gasteiger partial charge in [0.2, 0.25) is 5.91 Å². The molecule has 132 valence electrons. The minimum absolute atomic E-state index is 0.0630. The predicted octanol–water partition coefficient (Wildman–Crippen LogP) is 3.73. The second-order valence-electron chi connectivity index (χ2n) is 6.38. The van der Waals surface area contributed by atoms with Crippen LogP contribution in [-0.2, 0) is 11.3 Å². The standard InChI is InChI=1S/C20H25N3O2/c1-4-19(24)22-17-10-7-8-16(12-17)20(25)23(13-15(2)3)14-18-9-5-6-11-21-18/h5-12,15H,4,13-14H2,1-3H3,(H,22,24). The van der Waals surface area contributed by atoms with E-state index < -0.39 is 0 Å². The van der Waals surface area contributed by atoms with Crippen molar-refractivity contribution in [1.82, 2.24) is 9.88 Å². The predicted molar refractivity (Wildman–Crippen MR) is 99.2 cm³/mol. The van der Waals surface area contributed by atoms with Gasteiger partial charge < -0.3 is 10.2 Å². The first-order valence-corrected chi connectivity index (χ1v) is 8.58. The largest absolute Gasteiger partial charge is 0.332 e. The molecule has 0 saturated carbocycles. The molecule has 0 bridgehead atoms. The van der Waals surface area contributed by atoms with Crippen molar-refractivity contribution < 1.29 is 9.59 Å². The molecule has 1 aromatic heterocycles. The third kappa shape index (κ3) is 5.71. The summed E-state index contributed by atoms with van der Waals surface area (Å²) >= 11 is 0. The molecule has 5 heteroatoms. The zero-order valence-electron chi connectivity index (χ0n) is 15.0. The molecular weight excluding hydrogens is 314 g/mol. The molecule has 25 heavy (non-hydrogen) atoms. The van der Waals surface area contributed by atoms with Crippen LogP contribution in [0.5, 0.6) is 0 Å². The lowest BCUT2D eigenvalue weighted by molar-refractivity contribution is -0.115. The first kappa shape index (κ1) is 18.6. The van der Waals surface area contributed by atoms with Gasteiger partial charge >= 0.3 is 0 Å². The second kappa shape index (κ2) is 8.97. The number of hydrogen-bond acceptors (Lipinski definition) is 3. The summed E-state index contributed by atoms with van der Waals surface area (Å²) in [6.45, 7) is 7.05. The van der Waals surface area contributed by atoms with E-state index in [1.165, 1.54) is 0 Å². The van der Waals surface area contributed by atoms with E-state index in [4.69, 9.17) is 0 Å². The normalized spacial score (nSPS) is 10.6. The minimum Gasteiger partial charge on any atom is -0.332 e. The fourth-order valence-electron chi connectivity index (χ4n) is 2.51. The number of pyridine rings is 1. The fraction of sp³-hybridized carbons (Fsp3) is 0.350. The first-order valence-electron chi connectivity index (χ1n) is 8.58. The van der Waals surface area contributed by atoms with Crippen LogP contribution in [0, 0.1) is 5.92 Å². The van der Waals surface area contributed by atoms with Crippen molar-refractivity contribution in [3.63, 3.8) is 0 Å². The molecule has 0 aliphatic carbocycles. The van der Waals surface area contributed by atoms with Crippen molar-refractivity contribution in [2.45, 2.75) is 33.7 Å². The molecule has 0 atom stereocenters. The maximum absolute atomic E-state index is 13.0. The highest BCUT2D eigenvalue weighted by Gasteiger charge is 2.18. The van der Waals surface area contributed by atoms with Crippen LogP contribution in [0.15, 0.2) is 48.7 Å². The van der Waals surface area contributed by atoms with Gasteiger partial charge in [0.25, 0.3) is 5.91 Å². The third-order valence-electron chi connectivity index (χ3n) is 3.67. The van der Waals surface area contributed by atoms with Gasteiger partial charge in [-0.2, -0.15) is 0 Å². The highest BCUT2D eigenvalue weighted by atomic mass is 16.2. The molecule has 2 amide bonds. The van der Waals surface area contributed by atoms with Crippen molar-refractivity contribution in [3.05, 3.63) is 59.9 Å². The van der Waals surface area contributed by atoms with E-state index in [1.807, 2.05) is 18.2 Å². The number of amides is 2. The summed E-state index contributed by atoms with van der Waals surface area (Å²) in [5.41, 5.74) is 2.05. The summed E-state index contributed by atoms with van der Waals surface area (Å²) in [5.74, 6) is 0.208. The average molecular weight is 339 g/mol. The monoisotopic (exact) mass is 339 g/mol. The zero-order chi connectivity index (χ0) is 18.2. The lowest BCUT2D eigenvalue weighted by atomic mass is 10.1. The van der Waals surface area contributed by atoms with Gasteiger partial charge in [-0.1, -0.05) is 32.9 Å². The summed E-state index contributed by atoms with van der Waals surface area (Å²) < 4.78 is 0. The van der Waals surface area contributed by atoms with E-state index in [9.17, 15) is 9.59 Å². The first-order chi connectivity index (χ1) is 12.0. The lowest BCUT2D eigenvalue weighted by Gasteiger charge is -2.24. The molecule has 0 fully saturated rings. The van der Waals surface area contributed by atoms with Crippen molar-refractivity contribution in [3.8, 4) is 0 Å². The molecule has 0 spiro atoms. The van der Waals surface area contributed by atoms with E-state index in [0.717, 1.165) is 5.69 Å². The van der Waals surface area contributed by atoms with Crippen molar-refractivity contribution in [2.24, 2.45) is 5.92 Å². The zero-order valence-corrected chi connectivity index (χ0v) is 15.0. The van der Waals surface area contributed by atoms with Gasteiger partial charge in [0.15, 0.2) is 0 Å². The molecule has 1 N–H and O–H groups in total. The molecule has 0 aliphatic heterocycles. The van der Waals surface area contributed by atoms with Crippen LogP contribution in [0.3, 0.4) is 0 Å². The molecule has 5 nitrogen and oxygen atoms in total. The summed E-state index contributed by atoms with van der Waals surface area (Å²) in [6, 6.07) is 12.8. The Kier molecular flexibility index (Phi) is 6.69. The number of nitrogens with zero attached hydrogens (tertiary/aromatic N) is 2. The van der Waals surface area contributed by atoms with Crippen molar-refractivity contribution >= 4 is 17.5 Å². The van der Waals surface area contributed by atoms with E-state index in [1.54, 1.807) is 42.3 Å². The number of rotatable bonds is 7. The molecule has 0 saturated heterocycles. The van der Waals surface area contributed by atoms with Gasteiger partial charge in [0, 0.05) is 30.4 Å². The van der Waals surface area contributed by atoms with Gasteiger partial charge in [-0.3, -0.25) is 14.6 Å².